The minimum Gasteiger partial charge on any atom is -0.326 e. The third kappa shape index (κ3) is 4.55. The molecule has 0 spiro atoms. The van der Waals surface area contributed by atoms with E-state index in [2.05, 4.69) is 5.32 Å². The zero-order chi connectivity index (χ0) is 22.1. The van der Waals surface area contributed by atoms with Crippen LogP contribution in [0.3, 0.4) is 0 Å². The molecule has 2 aromatic carbocycles. The Morgan fingerprint density at radius 3 is 2.43 bits per heavy atom. The van der Waals surface area contributed by atoms with Crippen LogP contribution < -0.4 is 11.1 Å². The molecule has 8 heteroatoms. The van der Waals surface area contributed by atoms with Crippen LogP contribution in [0.15, 0.2) is 53.4 Å². The Labute approximate surface area is 177 Å². The first-order valence-electron chi connectivity index (χ1n) is 9.82. The molecule has 0 saturated carbocycles. The summed E-state index contributed by atoms with van der Waals surface area (Å²) in [4.78, 5) is 24.8. The number of hydrogen-bond acceptors (Lipinski definition) is 5. The maximum atomic E-state index is 13.5. The van der Waals surface area contributed by atoms with E-state index in [0.717, 1.165) is 15.4 Å². The molecule has 1 unspecified atom stereocenters. The normalized spacial score (nSPS) is 15.1. The van der Waals surface area contributed by atoms with Crippen LogP contribution in [0.5, 0.6) is 0 Å². The van der Waals surface area contributed by atoms with E-state index in [0.29, 0.717) is 18.5 Å². The first kappa shape index (κ1) is 22.0. The second kappa shape index (κ2) is 8.20. The lowest BCUT2D eigenvalue weighted by Crippen LogP contribution is -2.55. The van der Waals surface area contributed by atoms with Crippen molar-refractivity contribution in [1.29, 1.82) is 0 Å². The highest BCUT2D eigenvalue weighted by Crippen LogP contribution is 2.30. The lowest BCUT2D eigenvalue weighted by molar-refractivity contribution is -0.130. The molecule has 7 nitrogen and oxygen atoms in total. The van der Waals surface area contributed by atoms with Crippen LogP contribution in [0.4, 0.5) is 5.69 Å². The molecule has 1 aliphatic heterocycles. The lowest BCUT2D eigenvalue weighted by Gasteiger charge is -2.36. The number of sulfonamides is 1. The predicted octanol–water partition coefficient (Wildman–Crippen LogP) is 2.46. The van der Waals surface area contributed by atoms with E-state index >= 15 is 0 Å². The van der Waals surface area contributed by atoms with Gasteiger partial charge in [-0.1, -0.05) is 30.3 Å². The summed E-state index contributed by atoms with van der Waals surface area (Å²) in [6, 6.07) is 12.7. The van der Waals surface area contributed by atoms with Crippen molar-refractivity contribution in [2.45, 2.75) is 56.5 Å². The van der Waals surface area contributed by atoms with E-state index < -0.39 is 27.5 Å². The standard InChI is InChI=1S/C22H27N3O4S/c1-22(2,3)25(21(27)18(23)13-15-7-5-4-6-8-15)30(28,29)17-10-11-19-16(14-17)9-12-20(26)24-19/h4-8,10-11,14,18H,9,12-13,23H2,1-3H3,(H,24,26). The zero-order valence-electron chi connectivity index (χ0n) is 17.4. The van der Waals surface area contributed by atoms with E-state index in [1.807, 2.05) is 30.3 Å². The molecule has 0 aliphatic carbocycles. The fourth-order valence-corrected chi connectivity index (χ4v) is 5.38. The topological polar surface area (TPSA) is 110 Å². The molecule has 1 heterocycles. The quantitative estimate of drug-likeness (QED) is 0.759. The van der Waals surface area contributed by atoms with Crippen LogP contribution in [0.2, 0.25) is 0 Å². The van der Waals surface area contributed by atoms with Gasteiger partial charge in [0.05, 0.1) is 16.5 Å². The molecule has 0 fully saturated rings. The number of rotatable bonds is 5. The Hall–Kier alpha value is -2.71. The predicted molar refractivity (Wildman–Crippen MR) is 115 cm³/mol. The third-order valence-electron chi connectivity index (χ3n) is 4.94. The molecule has 2 aromatic rings. The SMILES string of the molecule is CC(C)(C)N(C(=O)C(N)Cc1ccccc1)S(=O)(=O)c1ccc2c(c1)CCC(=O)N2. The maximum absolute atomic E-state index is 13.5. The average molecular weight is 430 g/mol. The van der Waals surface area contributed by atoms with Gasteiger partial charge in [-0.05, 0) is 62.9 Å². The number of anilines is 1. The summed E-state index contributed by atoms with van der Waals surface area (Å²) < 4.78 is 27.9. The van der Waals surface area contributed by atoms with Crippen molar-refractivity contribution in [1.82, 2.24) is 4.31 Å². The van der Waals surface area contributed by atoms with Gasteiger partial charge in [0.15, 0.2) is 0 Å². The summed E-state index contributed by atoms with van der Waals surface area (Å²) in [5.74, 6) is -0.756. The molecule has 0 saturated heterocycles. The van der Waals surface area contributed by atoms with Crippen molar-refractivity contribution in [3.05, 3.63) is 59.7 Å². The average Bonchev–Trinajstić information content (AvgIpc) is 2.67. The molecular formula is C22H27N3O4S. The van der Waals surface area contributed by atoms with E-state index in [1.54, 1.807) is 26.8 Å². The number of nitrogens with two attached hydrogens (primary N) is 1. The number of nitrogens with zero attached hydrogens (tertiary/aromatic N) is 1. The first-order valence-corrected chi connectivity index (χ1v) is 11.3. The Kier molecular flexibility index (Phi) is 6.01. The van der Waals surface area contributed by atoms with Gasteiger partial charge >= 0.3 is 0 Å². The zero-order valence-corrected chi connectivity index (χ0v) is 18.2. The second-order valence-electron chi connectivity index (χ2n) is 8.44. The van der Waals surface area contributed by atoms with Crippen molar-refractivity contribution < 1.29 is 18.0 Å². The Morgan fingerprint density at radius 2 is 1.80 bits per heavy atom. The highest BCUT2D eigenvalue weighted by atomic mass is 32.2. The Balaban J connectivity index is 1.94. The van der Waals surface area contributed by atoms with Crippen molar-refractivity contribution in [3.63, 3.8) is 0 Å². The number of hydrogen-bond donors (Lipinski definition) is 2. The highest BCUT2D eigenvalue weighted by molar-refractivity contribution is 7.89. The van der Waals surface area contributed by atoms with Crippen LogP contribution in [0.25, 0.3) is 0 Å². The number of nitrogens with one attached hydrogen (secondary N) is 1. The van der Waals surface area contributed by atoms with Gasteiger partial charge < -0.3 is 11.1 Å². The molecule has 30 heavy (non-hydrogen) atoms. The van der Waals surface area contributed by atoms with Gasteiger partial charge in [0.2, 0.25) is 5.91 Å². The fourth-order valence-electron chi connectivity index (χ4n) is 3.54. The molecule has 1 aliphatic rings. The molecule has 160 valence electrons. The molecular weight excluding hydrogens is 402 g/mol. The van der Waals surface area contributed by atoms with Crippen molar-refractivity contribution in [2.24, 2.45) is 5.73 Å². The third-order valence-corrected chi connectivity index (χ3v) is 6.99. The van der Waals surface area contributed by atoms with E-state index in [4.69, 9.17) is 5.73 Å². The van der Waals surface area contributed by atoms with E-state index in [1.165, 1.54) is 12.1 Å². The van der Waals surface area contributed by atoms with Gasteiger partial charge in [-0.15, -0.1) is 0 Å². The molecule has 1 atom stereocenters. The second-order valence-corrected chi connectivity index (χ2v) is 10.2. The first-order chi connectivity index (χ1) is 14.0. The minimum atomic E-state index is -4.15. The van der Waals surface area contributed by atoms with Gasteiger partial charge in [-0.2, -0.15) is 0 Å². The summed E-state index contributed by atoms with van der Waals surface area (Å²) in [5.41, 5.74) is 7.32. The monoisotopic (exact) mass is 429 g/mol. The Bertz CT molecular complexity index is 1060. The largest absolute Gasteiger partial charge is 0.326 e. The number of benzene rings is 2. The van der Waals surface area contributed by atoms with Crippen LogP contribution >= 0.6 is 0 Å². The van der Waals surface area contributed by atoms with Crippen LogP contribution in [-0.4, -0.2) is 36.1 Å². The number of fused-ring (bicyclic) bond motifs is 1. The van der Waals surface area contributed by atoms with Crippen molar-refractivity contribution in [3.8, 4) is 0 Å². The molecule has 0 bridgehead atoms. The summed E-state index contributed by atoms with van der Waals surface area (Å²) in [6.07, 6.45) is 0.972. The van der Waals surface area contributed by atoms with E-state index in [-0.39, 0.29) is 17.2 Å². The highest BCUT2D eigenvalue weighted by Gasteiger charge is 2.40. The Morgan fingerprint density at radius 1 is 1.13 bits per heavy atom. The molecule has 0 radical (unpaired) electrons. The summed E-state index contributed by atoms with van der Waals surface area (Å²) in [5, 5.41) is 2.73. The number of carbonyl (C=O) groups is 2. The molecule has 3 N–H and O–H groups in total. The number of amides is 2. The van der Waals surface area contributed by atoms with E-state index in [9.17, 15) is 18.0 Å². The number of carbonyl (C=O) groups excluding carboxylic acids is 2. The molecule has 3 rings (SSSR count). The number of aryl methyl sites for hydroxylation is 1. The summed E-state index contributed by atoms with van der Waals surface area (Å²) >= 11 is 0. The smallest absolute Gasteiger partial charge is 0.267 e. The van der Waals surface area contributed by atoms with Gasteiger partial charge in [0, 0.05) is 12.1 Å². The van der Waals surface area contributed by atoms with Crippen LogP contribution in [-0.2, 0) is 32.5 Å². The van der Waals surface area contributed by atoms with Crippen LogP contribution in [0, 0.1) is 0 Å². The maximum Gasteiger partial charge on any atom is 0.267 e. The summed E-state index contributed by atoms with van der Waals surface area (Å²) in [6.45, 7) is 4.99. The fraction of sp³-hybridized carbons (Fsp3) is 0.364. The van der Waals surface area contributed by atoms with Crippen molar-refractivity contribution in [2.75, 3.05) is 5.32 Å². The molecule has 2 amide bonds. The van der Waals surface area contributed by atoms with Crippen molar-refractivity contribution >= 4 is 27.5 Å². The molecule has 0 aromatic heterocycles. The van der Waals surface area contributed by atoms with Gasteiger partial charge in [-0.25, -0.2) is 12.7 Å². The lowest BCUT2D eigenvalue weighted by atomic mass is 10.0. The van der Waals surface area contributed by atoms with Gasteiger partial charge in [0.1, 0.15) is 0 Å². The van der Waals surface area contributed by atoms with Gasteiger partial charge in [-0.3, -0.25) is 9.59 Å². The van der Waals surface area contributed by atoms with Crippen LogP contribution in [0.1, 0.15) is 38.3 Å². The minimum absolute atomic E-state index is 0.00702. The van der Waals surface area contributed by atoms with Gasteiger partial charge in [0.25, 0.3) is 15.9 Å². The summed E-state index contributed by atoms with van der Waals surface area (Å²) in [7, 11) is -4.15.